The van der Waals surface area contributed by atoms with Crippen LogP contribution in [-0.4, -0.2) is 25.5 Å². The fourth-order valence-electron chi connectivity index (χ4n) is 2.20. The second-order valence-corrected chi connectivity index (χ2v) is 4.50. The van der Waals surface area contributed by atoms with Gasteiger partial charge in [0.25, 0.3) is 0 Å². The van der Waals surface area contributed by atoms with Crippen LogP contribution < -0.4 is 0 Å². The zero-order valence-electron chi connectivity index (χ0n) is 10.6. The fourth-order valence-corrected chi connectivity index (χ4v) is 2.20. The van der Waals surface area contributed by atoms with Crippen molar-refractivity contribution in [3.63, 3.8) is 0 Å². The van der Waals surface area contributed by atoms with Crippen molar-refractivity contribution in [2.45, 2.75) is 51.7 Å². The standard InChI is InChI=1S/C14H23NO/c1-4-8-14(16-3)12(2)11-13-9-6-5-7-10-15-13/h6-7,10,12-14H,4,8-9,11H2,1-3H3. The lowest BCUT2D eigenvalue weighted by molar-refractivity contribution is 0.0458. The highest BCUT2D eigenvalue weighted by Gasteiger charge is 2.19. The molecular formula is C14H23NO. The molecule has 3 unspecified atom stereocenters. The minimum Gasteiger partial charge on any atom is -0.381 e. The Bertz CT molecular complexity index is 276. The van der Waals surface area contributed by atoms with Gasteiger partial charge in [-0.3, -0.25) is 4.99 Å². The largest absolute Gasteiger partial charge is 0.381 e. The number of aliphatic imine (C=N–C) groups is 1. The lowest BCUT2D eigenvalue weighted by atomic mass is 9.92. The molecule has 2 nitrogen and oxygen atoms in total. The Hall–Kier alpha value is -0.850. The Morgan fingerprint density at radius 1 is 1.56 bits per heavy atom. The fraction of sp³-hybridized carbons (Fsp3) is 0.714. The van der Waals surface area contributed by atoms with E-state index in [1.54, 1.807) is 0 Å². The first-order valence-corrected chi connectivity index (χ1v) is 6.23. The molecule has 0 amide bonds. The molecule has 0 saturated carbocycles. The van der Waals surface area contributed by atoms with E-state index in [4.69, 9.17) is 4.74 Å². The van der Waals surface area contributed by atoms with Crippen molar-refractivity contribution in [2.24, 2.45) is 10.9 Å². The maximum absolute atomic E-state index is 5.54. The molecular weight excluding hydrogens is 198 g/mol. The van der Waals surface area contributed by atoms with Gasteiger partial charge < -0.3 is 4.74 Å². The topological polar surface area (TPSA) is 21.6 Å². The molecule has 0 aromatic rings. The van der Waals surface area contributed by atoms with Gasteiger partial charge in [0, 0.05) is 13.3 Å². The van der Waals surface area contributed by atoms with E-state index in [1.165, 1.54) is 6.42 Å². The van der Waals surface area contributed by atoms with Crippen LogP contribution >= 0.6 is 0 Å². The minimum absolute atomic E-state index is 0.375. The Morgan fingerprint density at radius 2 is 2.38 bits per heavy atom. The smallest absolute Gasteiger partial charge is 0.0597 e. The van der Waals surface area contributed by atoms with Gasteiger partial charge in [-0.05, 0) is 37.3 Å². The highest BCUT2D eigenvalue weighted by atomic mass is 16.5. The second-order valence-electron chi connectivity index (χ2n) is 4.50. The first-order valence-electron chi connectivity index (χ1n) is 6.23. The van der Waals surface area contributed by atoms with Crippen molar-refractivity contribution < 1.29 is 4.74 Å². The van der Waals surface area contributed by atoms with E-state index in [1.807, 2.05) is 19.4 Å². The summed E-state index contributed by atoms with van der Waals surface area (Å²) in [6, 6.07) is 0.399. The third-order valence-electron chi connectivity index (χ3n) is 3.13. The molecule has 1 aliphatic heterocycles. The zero-order valence-corrected chi connectivity index (χ0v) is 10.6. The maximum atomic E-state index is 5.54. The lowest BCUT2D eigenvalue weighted by Gasteiger charge is -2.24. The SMILES string of the molecule is CCCC(OC)C(C)CC1CC=C=CC=N1. The molecule has 0 bridgehead atoms. The van der Waals surface area contributed by atoms with Gasteiger partial charge in [-0.15, -0.1) is 5.73 Å². The van der Waals surface area contributed by atoms with Crippen LogP contribution in [0.5, 0.6) is 0 Å². The van der Waals surface area contributed by atoms with Crippen molar-refractivity contribution in [1.82, 2.24) is 0 Å². The number of hydrogen-bond donors (Lipinski definition) is 0. The number of hydrogen-bond acceptors (Lipinski definition) is 2. The molecule has 2 heteroatoms. The first-order chi connectivity index (χ1) is 7.77. The Morgan fingerprint density at radius 3 is 3.06 bits per heavy atom. The third kappa shape index (κ3) is 4.34. The molecule has 16 heavy (non-hydrogen) atoms. The van der Waals surface area contributed by atoms with Crippen LogP contribution in [0, 0.1) is 5.92 Å². The summed E-state index contributed by atoms with van der Waals surface area (Å²) in [7, 11) is 1.81. The van der Waals surface area contributed by atoms with Crippen LogP contribution in [0.4, 0.5) is 0 Å². The number of ether oxygens (including phenoxy) is 1. The van der Waals surface area contributed by atoms with Crippen LogP contribution in [0.25, 0.3) is 0 Å². The summed E-state index contributed by atoms with van der Waals surface area (Å²) >= 11 is 0. The van der Waals surface area contributed by atoms with Crippen LogP contribution in [0.1, 0.15) is 39.5 Å². The molecule has 3 atom stereocenters. The van der Waals surface area contributed by atoms with Gasteiger partial charge in [-0.2, -0.15) is 0 Å². The second kappa shape index (κ2) is 7.43. The number of nitrogens with zero attached hydrogens (tertiary/aromatic N) is 1. The number of methoxy groups -OCH3 is 1. The molecule has 0 fully saturated rings. The molecule has 0 aromatic carbocycles. The summed E-state index contributed by atoms with van der Waals surface area (Å²) < 4.78 is 5.54. The summed E-state index contributed by atoms with van der Waals surface area (Å²) in [6.07, 6.45) is 10.6. The van der Waals surface area contributed by atoms with Gasteiger partial charge in [0.1, 0.15) is 0 Å². The van der Waals surface area contributed by atoms with Gasteiger partial charge in [0.05, 0.1) is 12.1 Å². The molecule has 0 spiro atoms. The highest BCUT2D eigenvalue weighted by molar-refractivity contribution is 5.71. The summed E-state index contributed by atoms with van der Waals surface area (Å²) in [5, 5.41) is 0. The van der Waals surface area contributed by atoms with Gasteiger partial charge in [-0.25, -0.2) is 0 Å². The van der Waals surface area contributed by atoms with E-state index in [2.05, 4.69) is 30.6 Å². The van der Waals surface area contributed by atoms with E-state index in [9.17, 15) is 0 Å². The quantitative estimate of drug-likeness (QED) is 0.630. The molecule has 0 saturated heterocycles. The van der Waals surface area contributed by atoms with Crippen LogP contribution in [-0.2, 0) is 4.74 Å². The van der Waals surface area contributed by atoms with Crippen LogP contribution in [0.2, 0.25) is 0 Å². The predicted molar refractivity (Wildman–Crippen MR) is 69.0 cm³/mol. The lowest BCUT2D eigenvalue weighted by Crippen LogP contribution is -2.24. The molecule has 0 radical (unpaired) electrons. The third-order valence-corrected chi connectivity index (χ3v) is 3.13. The van der Waals surface area contributed by atoms with E-state index in [-0.39, 0.29) is 0 Å². The molecule has 1 aliphatic rings. The van der Waals surface area contributed by atoms with Crippen molar-refractivity contribution >= 4 is 6.21 Å². The summed E-state index contributed by atoms with van der Waals surface area (Å²) in [6.45, 7) is 4.47. The molecule has 1 rings (SSSR count). The van der Waals surface area contributed by atoms with E-state index < -0.39 is 0 Å². The summed E-state index contributed by atoms with van der Waals surface area (Å²) in [4.78, 5) is 4.51. The van der Waals surface area contributed by atoms with Crippen molar-refractivity contribution in [3.05, 3.63) is 17.9 Å². The molecule has 0 N–H and O–H groups in total. The van der Waals surface area contributed by atoms with Gasteiger partial charge in [0.15, 0.2) is 0 Å². The van der Waals surface area contributed by atoms with E-state index in [0.29, 0.717) is 18.1 Å². The minimum atomic E-state index is 0.375. The normalized spacial score (nSPS) is 23.1. The maximum Gasteiger partial charge on any atom is 0.0597 e. The Labute approximate surface area is 99.1 Å². The Balaban J connectivity index is 2.43. The Kier molecular flexibility index (Phi) is 6.14. The molecule has 1 heterocycles. The number of rotatable bonds is 6. The van der Waals surface area contributed by atoms with E-state index >= 15 is 0 Å². The summed E-state index contributed by atoms with van der Waals surface area (Å²) in [5.74, 6) is 0.568. The molecule has 0 aromatic heterocycles. The zero-order chi connectivity index (χ0) is 11.8. The summed E-state index contributed by atoms with van der Waals surface area (Å²) in [5.41, 5.74) is 3.09. The van der Waals surface area contributed by atoms with Gasteiger partial charge >= 0.3 is 0 Å². The van der Waals surface area contributed by atoms with Crippen LogP contribution in [0.15, 0.2) is 22.9 Å². The monoisotopic (exact) mass is 221 g/mol. The van der Waals surface area contributed by atoms with Crippen molar-refractivity contribution in [2.75, 3.05) is 7.11 Å². The van der Waals surface area contributed by atoms with Crippen molar-refractivity contribution in [1.29, 1.82) is 0 Å². The van der Waals surface area contributed by atoms with Gasteiger partial charge in [0.2, 0.25) is 0 Å². The van der Waals surface area contributed by atoms with Gasteiger partial charge in [-0.1, -0.05) is 20.3 Å². The highest BCUT2D eigenvalue weighted by Crippen LogP contribution is 2.21. The van der Waals surface area contributed by atoms with Crippen molar-refractivity contribution in [3.8, 4) is 0 Å². The van der Waals surface area contributed by atoms with Crippen LogP contribution in [0.3, 0.4) is 0 Å². The van der Waals surface area contributed by atoms with E-state index in [0.717, 1.165) is 19.3 Å². The molecule has 0 aliphatic carbocycles. The predicted octanol–water partition coefficient (Wildman–Crippen LogP) is 3.38. The average molecular weight is 221 g/mol. The molecule has 90 valence electrons. The first kappa shape index (κ1) is 13.2. The average Bonchev–Trinajstić information content (AvgIpc) is 2.54.